The zero-order chi connectivity index (χ0) is 26.8. The molecular formula is C27H45N3O6. The predicted molar refractivity (Wildman–Crippen MR) is 142 cm³/mol. The van der Waals surface area contributed by atoms with Gasteiger partial charge in [0.05, 0.1) is 31.3 Å². The first-order valence-corrected chi connectivity index (χ1v) is 12.6. The van der Waals surface area contributed by atoms with Gasteiger partial charge in [-0.1, -0.05) is 24.3 Å². The van der Waals surface area contributed by atoms with Crippen molar-refractivity contribution >= 4 is 5.97 Å². The molecule has 0 saturated carbocycles. The Morgan fingerprint density at radius 2 is 1.89 bits per heavy atom. The molecule has 0 aromatic rings. The lowest BCUT2D eigenvalue weighted by Crippen LogP contribution is -2.26. The predicted octanol–water partition coefficient (Wildman–Crippen LogP) is 1.92. The molecule has 0 spiro atoms. The number of rotatable bonds is 11. The summed E-state index contributed by atoms with van der Waals surface area (Å²) in [4.78, 5) is 12.6. The van der Waals surface area contributed by atoms with E-state index < -0.39 is 18.3 Å². The number of aliphatic hydroxyl groups excluding tert-OH is 3. The summed E-state index contributed by atoms with van der Waals surface area (Å²) in [6.45, 7) is 8.00. The Balaban J connectivity index is 2.94. The SMILES string of the molecule is CC(/C(=C\C(C)O)OCCCNCCN/C=C\N)=C1\C=C\CC(O)[C@H](O)C/C=C\C[C@H](C)OC(=O)C1. The molecule has 204 valence electrons. The highest BCUT2D eigenvalue weighted by Crippen LogP contribution is 2.22. The summed E-state index contributed by atoms with van der Waals surface area (Å²) in [5, 5.41) is 36.7. The number of carbonyl (C=O) groups is 1. The van der Waals surface area contributed by atoms with Crippen molar-refractivity contribution in [3.63, 3.8) is 0 Å². The summed E-state index contributed by atoms with van der Waals surface area (Å²) in [7, 11) is 0. The first-order valence-electron chi connectivity index (χ1n) is 12.6. The molecule has 0 aliphatic carbocycles. The lowest BCUT2D eigenvalue weighted by molar-refractivity contribution is -0.147. The fourth-order valence-electron chi connectivity index (χ4n) is 3.45. The minimum atomic E-state index is -0.919. The van der Waals surface area contributed by atoms with E-state index >= 15 is 0 Å². The zero-order valence-corrected chi connectivity index (χ0v) is 21.9. The Morgan fingerprint density at radius 1 is 1.19 bits per heavy atom. The van der Waals surface area contributed by atoms with Gasteiger partial charge in [0.2, 0.25) is 0 Å². The molecule has 1 aliphatic rings. The summed E-state index contributed by atoms with van der Waals surface area (Å²) in [5.41, 5.74) is 6.63. The number of esters is 1. The van der Waals surface area contributed by atoms with Crippen molar-refractivity contribution in [1.82, 2.24) is 10.6 Å². The van der Waals surface area contributed by atoms with Crippen molar-refractivity contribution in [2.24, 2.45) is 5.73 Å². The molecule has 1 heterocycles. The van der Waals surface area contributed by atoms with Crippen LogP contribution in [0.15, 0.2) is 59.7 Å². The van der Waals surface area contributed by atoms with Gasteiger partial charge in [-0.15, -0.1) is 0 Å². The molecule has 0 radical (unpaired) electrons. The number of carbonyl (C=O) groups excluding carboxylic acids is 1. The maximum Gasteiger partial charge on any atom is 0.310 e. The molecule has 36 heavy (non-hydrogen) atoms. The molecule has 0 saturated heterocycles. The van der Waals surface area contributed by atoms with Crippen LogP contribution in [0.5, 0.6) is 0 Å². The van der Waals surface area contributed by atoms with Gasteiger partial charge in [-0.05, 0) is 63.8 Å². The van der Waals surface area contributed by atoms with E-state index in [4.69, 9.17) is 15.2 Å². The molecule has 9 nitrogen and oxygen atoms in total. The van der Waals surface area contributed by atoms with Crippen LogP contribution in [-0.2, 0) is 14.3 Å². The molecular weight excluding hydrogens is 462 g/mol. The van der Waals surface area contributed by atoms with Crippen molar-refractivity contribution in [2.75, 3.05) is 26.2 Å². The van der Waals surface area contributed by atoms with Crippen LogP contribution in [-0.4, -0.2) is 71.9 Å². The minimum Gasteiger partial charge on any atom is -0.493 e. The molecule has 1 aliphatic heterocycles. The standard InChI is InChI=1S/C27H45N3O6/c1-20(31)18-26(35-17-7-13-29-15-16-30-14-12-28)22(3)23-9-6-11-25(33)24(32)10-5-4-8-21(2)36-27(34)19-23/h4-6,9,12,14,18,20-21,24-25,29-33H,7-8,10-11,13,15-17,19,28H2,1-3H3/b5-4-,9-6+,14-12-,23-22-,26-18+/t20?,21-,24+,25?/m0/s1. The number of aliphatic hydroxyl groups is 3. The zero-order valence-electron chi connectivity index (χ0n) is 21.9. The second kappa shape index (κ2) is 18.6. The van der Waals surface area contributed by atoms with E-state index in [1.165, 1.54) is 6.20 Å². The number of hydrogen-bond donors (Lipinski definition) is 6. The van der Waals surface area contributed by atoms with E-state index in [0.717, 1.165) is 26.1 Å². The summed E-state index contributed by atoms with van der Waals surface area (Å²) in [6.07, 6.45) is 10.8. The first kappa shape index (κ1) is 31.4. The summed E-state index contributed by atoms with van der Waals surface area (Å²) >= 11 is 0. The van der Waals surface area contributed by atoms with Crippen LogP contribution < -0.4 is 16.4 Å². The Kier molecular flexibility index (Phi) is 16.3. The average molecular weight is 508 g/mol. The topological polar surface area (TPSA) is 146 Å². The molecule has 9 heteroatoms. The Bertz CT molecular complexity index is 788. The molecule has 7 N–H and O–H groups in total. The number of cyclic esters (lactones) is 1. The van der Waals surface area contributed by atoms with E-state index in [0.29, 0.717) is 36.4 Å². The van der Waals surface area contributed by atoms with Crippen molar-refractivity contribution in [3.8, 4) is 0 Å². The number of hydrogen-bond acceptors (Lipinski definition) is 9. The van der Waals surface area contributed by atoms with Gasteiger partial charge in [-0.25, -0.2) is 0 Å². The summed E-state index contributed by atoms with van der Waals surface area (Å²) < 4.78 is 11.5. The van der Waals surface area contributed by atoms with Crippen molar-refractivity contribution in [3.05, 3.63) is 59.7 Å². The van der Waals surface area contributed by atoms with Gasteiger partial charge in [0, 0.05) is 31.9 Å². The lowest BCUT2D eigenvalue weighted by atomic mass is 10.0. The highest BCUT2D eigenvalue weighted by atomic mass is 16.5. The van der Waals surface area contributed by atoms with Crippen LogP contribution in [0, 0.1) is 0 Å². The Labute approximate surface area is 215 Å². The fourth-order valence-corrected chi connectivity index (χ4v) is 3.45. The second-order valence-electron chi connectivity index (χ2n) is 8.88. The van der Waals surface area contributed by atoms with Gasteiger partial charge in [0.1, 0.15) is 11.9 Å². The van der Waals surface area contributed by atoms with Crippen molar-refractivity contribution in [1.29, 1.82) is 0 Å². The molecule has 0 bridgehead atoms. The normalized spacial score (nSPS) is 26.6. The average Bonchev–Trinajstić information content (AvgIpc) is 2.82. The largest absolute Gasteiger partial charge is 0.493 e. The van der Waals surface area contributed by atoms with Gasteiger partial charge in [0.15, 0.2) is 0 Å². The highest BCUT2D eigenvalue weighted by Gasteiger charge is 2.17. The van der Waals surface area contributed by atoms with E-state index in [9.17, 15) is 20.1 Å². The van der Waals surface area contributed by atoms with Gasteiger partial charge < -0.3 is 41.2 Å². The molecule has 0 aromatic carbocycles. The van der Waals surface area contributed by atoms with Crippen LogP contribution in [0.4, 0.5) is 0 Å². The Hall–Kier alpha value is -2.59. The molecule has 1 rings (SSSR count). The third kappa shape index (κ3) is 14.1. The van der Waals surface area contributed by atoms with Crippen LogP contribution in [0.2, 0.25) is 0 Å². The van der Waals surface area contributed by atoms with E-state index in [1.54, 1.807) is 37.4 Å². The monoisotopic (exact) mass is 507 g/mol. The third-order valence-electron chi connectivity index (χ3n) is 5.48. The van der Waals surface area contributed by atoms with Crippen molar-refractivity contribution in [2.45, 2.75) is 77.3 Å². The first-order chi connectivity index (χ1) is 17.2. The second-order valence-corrected chi connectivity index (χ2v) is 8.88. The molecule has 0 amide bonds. The van der Waals surface area contributed by atoms with Crippen molar-refractivity contribution < 1.29 is 29.6 Å². The molecule has 2 unspecified atom stereocenters. The molecule has 4 atom stereocenters. The highest BCUT2D eigenvalue weighted by molar-refractivity contribution is 5.74. The summed E-state index contributed by atoms with van der Waals surface area (Å²) in [6, 6.07) is 0. The van der Waals surface area contributed by atoms with Crippen LogP contribution in [0.3, 0.4) is 0 Å². The Morgan fingerprint density at radius 3 is 2.58 bits per heavy atom. The quantitative estimate of drug-likeness (QED) is 0.107. The number of allylic oxidation sites excluding steroid dienone is 2. The van der Waals surface area contributed by atoms with E-state index in [-0.39, 0.29) is 24.9 Å². The molecule has 0 fully saturated rings. The van der Waals surface area contributed by atoms with Gasteiger partial charge >= 0.3 is 5.97 Å². The van der Waals surface area contributed by atoms with Gasteiger partial charge in [-0.3, -0.25) is 4.79 Å². The maximum absolute atomic E-state index is 12.6. The number of nitrogens with two attached hydrogens (primary N) is 1. The van der Waals surface area contributed by atoms with E-state index in [1.807, 2.05) is 19.9 Å². The molecule has 0 aromatic heterocycles. The van der Waals surface area contributed by atoms with Crippen LogP contribution in [0.25, 0.3) is 0 Å². The minimum absolute atomic E-state index is 0.0152. The lowest BCUT2D eigenvalue weighted by Gasteiger charge is -2.18. The van der Waals surface area contributed by atoms with E-state index in [2.05, 4.69) is 10.6 Å². The number of ether oxygens (including phenoxy) is 2. The van der Waals surface area contributed by atoms with Crippen LogP contribution >= 0.6 is 0 Å². The fraction of sp³-hybridized carbons (Fsp3) is 0.593. The smallest absolute Gasteiger partial charge is 0.310 e. The van der Waals surface area contributed by atoms with Crippen LogP contribution in [0.1, 0.15) is 52.9 Å². The summed E-state index contributed by atoms with van der Waals surface area (Å²) in [5.74, 6) is 0.121. The maximum atomic E-state index is 12.6. The van der Waals surface area contributed by atoms with Gasteiger partial charge in [-0.2, -0.15) is 0 Å². The number of nitrogens with one attached hydrogen (secondary N) is 2. The third-order valence-corrected chi connectivity index (χ3v) is 5.48. The van der Waals surface area contributed by atoms with Gasteiger partial charge in [0.25, 0.3) is 0 Å².